The van der Waals surface area contributed by atoms with Crippen molar-refractivity contribution in [3.8, 4) is 34.5 Å². The van der Waals surface area contributed by atoms with Gasteiger partial charge in [-0.15, -0.1) is 0 Å². The number of fused-ring (bicyclic) bond motifs is 2. The molecule has 2 atom stereocenters. The molecule has 16 nitrogen and oxygen atoms in total. The molecule has 2 unspecified atom stereocenters. The number of halogens is 4. The third-order valence-electron chi connectivity index (χ3n) is 6.88. The summed E-state index contributed by atoms with van der Waals surface area (Å²) in [4.78, 5) is 25.0. The van der Waals surface area contributed by atoms with Crippen molar-refractivity contribution >= 4 is 66.7 Å². The summed E-state index contributed by atoms with van der Waals surface area (Å²) in [6.07, 6.45) is 3.04. The first-order valence-corrected chi connectivity index (χ1v) is 17.3. The molecule has 0 saturated carbocycles. The summed E-state index contributed by atoms with van der Waals surface area (Å²) < 4.78 is 104. The normalized spacial score (nSPS) is 11.7. The maximum atomic E-state index is 12.6. The van der Waals surface area contributed by atoms with Gasteiger partial charge >= 0.3 is 36.3 Å². The molecule has 0 spiro atoms. The van der Waals surface area contributed by atoms with Gasteiger partial charge in [-0.1, -0.05) is 12.1 Å². The van der Waals surface area contributed by atoms with E-state index in [4.69, 9.17) is 18.9 Å². The minimum atomic E-state index is -2.93. The number of methoxy groups -OCH3 is 4. The van der Waals surface area contributed by atoms with Crippen molar-refractivity contribution in [3.05, 3.63) is 72.3 Å². The van der Waals surface area contributed by atoms with Crippen LogP contribution in [0.25, 0.3) is 22.1 Å². The van der Waals surface area contributed by atoms with Crippen LogP contribution >= 0.6 is 0 Å². The summed E-state index contributed by atoms with van der Waals surface area (Å²) in [6.45, 7) is -5.87. The van der Waals surface area contributed by atoms with Crippen molar-refractivity contribution in [3.63, 3.8) is 0 Å². The quantitative estimate of drug-likeness (QED) is 0.114. The van der Waals surface area contributed by atoms with Gasteiger partial charge in [0.15, 0.2) is 23.0 Å². The van der Waals surface area contributed by atoms with Gasteiger partial charge in [-0.3, -0.25) is 18.4 Å². The van der Waals surface area contributed by atoms with Crippen LogP contribution in [-0.4, -0.2) is 104 Å². The summed E-state index contributed by atoms with van der Waals surface area (Å²) in [5.41, 5.74) is 2.36. The number of imidazole rings is 2. The zero-order valence-corrected chi connectivity index (χ0v) is 32.4. The van der Waals surface area contributed by atoms with Crippen molar-refractivity contribution in [2.75, 3.05) is 28.4 Å². The molecule has 0 radical (unpaired) electrons. The number of ether oxygens (including phenoxy) is 6. The summed E-state index contributed by atoms with van der Waals surface area (Å²) in [5, 5.41) is 0.140. The Morgan fingerprint density at radius 2 is 1.00 bits per heavy atom. The molecule has 4 N–H and O–H groups in total. The van der Waals surface area contributed by atoms with Crippen LogP contribution in [0.2, 0.25) is 0 Å². The van der Waals surface area contributed by atoms with E-state index in [1.165, 1.54) is 77.2 Å². The molecule has 23 heteroatoms. The van der Waals surface area contributed by atoms with Crippen molar-refractivity contribution in [1.29, 1.82) is 0 Å². The Kier molecular flexibility index (Phi) is 18.0. The van der Waals surface area contributed by atoms with Crippen molar-refractivity contribution in [2.45, 2.75) is 35.0 Å². The fraction of sp³-hybridized carbons (Fsp3) is 0.250. The van der Waals surface area contributed by atoms with Crippen molar-refractivity contribution in [1.82, 2.24) is 29.9 Å². The molecular formula is C32H32F4MgN6O10S2. The SMILES string of the molecule is COc1ccnc(CS(=O)c2nc3cc(OC(F)F)ccc3[n-]2)c1OC.COc1ccnc(CS(=O)c2nc3cc(OC(F)F)ccc3[n-]2)c1OC.O.O.[Mg+2]. The molecule has 6 rings (SSSR count). The van der Waals surface area contributed by atoms with Crippen LogP contribution in [0.15, 0.2) is 71.2 Å². The van der Waals surface area contributed by atoms with Gasteiger partial charge in [-0.05, 0) is 46.3 Å². The van der Waals surface area contributed by atoms with E-state index in [0.717, 1.165) is 0 Å². The minimum absolute atomic E-state index is 0. The first-order chi connectivity index (χ1) is 25.0. The van der Waals surface area contributed by atoms with Crippen LogP contribution in [0.4, 0.5) is 17.6 Å². The molecule has 4 heterocycles. The summed E-state index contributed by atoms with van der Waals surface area (Å²) in [5.74, 6) is 1.64. The average Bonchev–Trinajstić information content (AvgIpc) is 3.75. The van der Waals surface area contributed by atoms with Gasteiger partial charge in [0, 0.05) is 34.8 Å². The van der Waals surface area contributed by atoms with E-state index in [-0.39, 0.29) is 67.3 Å². The van der Waals surface area contributed by atoms with E-state index in [0.29, 0.717) is 56.5 Å². The zero-order chi connectivity index (χ0) is 37.4. The van der Waals surface area contributed by atoms with Crippen LogP contribution in [-0.2, 0) is 33.1 Å². The second kappa shape index (κ2) is 21.3. The van der Waals surface area contributed by atoms with Crippen molar-refractivity contribution in [2.24, 2.45) is 0 Å². The van der Waals surface area contributed by atoms with Gasteiger partial charge in [0.05, 0.1) is 72.9 Å². The van der Waals surface area contributed by atoms with Crippen LogP contribution in [0.5, 0.6) is 34.5 Å². The Morgan fingerprint density at radius 1 is 0.618 bits per heavy atom. The fourth-order valence-corrected chi connectivity index (χ4v) is 6.64. The summed E-state index contributed by atoms with van der Waals surface area (Å²) >= 11 is 0. The fourth-order valence-electron chi connectivity index (χ4n) is 4.68. The number of aromatic nitrogens is 6. The average molecular weight is 825 g/mol. The van der Waals surface area contributed by atoms with Gasteiger partial charge in [0.25, 0.3) is 0 Å². The van der Waals surface area contributed by atoms with E-state index >= 15 is 0 Å². The van der Waals surface area contributed by atoms with Crippen LogP contribution in [0.1, 0.15) is 11.4 Å². The second-order valence-corrected chi connectivity index (χ2v) is 12.7. The van der Waals surface area contributed by atoms with Gasteiger partial charge in [-0.25, -0.2) is 0 Å². The molecule has 0 fully saturated rings. The Labute approximate surface area is 331 Å². The third kappa shape index (κ3) is 11.6. The van der Waals surface area contributed by atoms with E-state index in [1.54, 1.807) is 12.1 Å². The number of hydrogen-bond donors (Lipinski definition) is 0. The molecule has 292 valence electrons. The molecule has 55 heavy (non-hydrogen) atoms. The first kappa shape index (κ1) is 46.3. The standard InChI is InChI=1S/2C16H14F2N3O4S.Mg.2H2O/c2*1-23-13-5-6-19-12(14(13)24-2)8-26(22)16-20-10-4-3-9(25-15(17)18)7-11(10)21-16;;;/h2*3-7,15H,8H2,1-2H3;;2*1H2/q2*-1;+2;;. The molecule has 6 aromatic rings. The van der Waals surface area contributed by atoms with E-state index < -0.39 is 34.8 Å². The maximum absolute atomic E-state index is 12.6. The molecule has 0 aliphatic rings. The molecule has 4 aromatic heterocycles. The Morgan fingerprint density at radius 3 is 1.33 bits per heavy atom. The Hall–Kier alpha value is -4.81. The van der Waals surface area contributed by atoms with Gasteiger partial charge in [0.2, 0.25) is 0 Å². The number of hydrogen-bond acceptors (Lipinski definition) is 12. The molecular weight excluding hydrogens is 793 g/mol. The number of pyridine rings is 2. The monoisotopic (exact) mass is 824 g/mol. The molecule has 0 aliphatic heterocycles. The molecule has 0 amide bonds. The summed E-state index contributed by atoms with van der Waals surface area (Å²) in [7, 11) is 2.67. The molecule has 2 aromatic carbocycles. The minimum Gasteiger partial charge on any atom is -0.493 e. The summed E-state index contributed by atoms with van der Waals surface area (Å²) in [6, 6.07) is 11.5. The largest absolute Gasteiger partial charge is 2.00 e. The van der Waals surface area contributed by atoms with Crippen LogP contribution in [0, 0.1) is 0 Å². The predicted octanol–water partition coefficient (Wildman–Crippen LogP) is 3.00. The van der Waals surface area contributed by atoms with Crippen LogP contribution < -0.4 is 38.4 Å². The van der Waals surface area contributed by atoms with Gasteiger partial charge in [-0.2, -0.15) is 17.6 Å². The first-order valence-electron chi connectivity index (χ1n) is 14.7. The number of rotatable bonds is 14. The zero-order valence-electron chi connectivity index (χ0n) is 29.3. The van der Waals surface area contributed by atoms with E-state index in [9.17, 15) is 26.0 Å². The number of nitrogens with zero attached hydrogens (tertiary/aromatic N) is 6. The number of alkyl halides is 4. The van der Waals surface area contributed by atoms with Crippen molar-refractivity contribution < 1.29 is 65.4 Å². The number of benzene rings is 2. The second-order valence-electron chi connectivity index (χ2n) is 10.0. The predicted molar refractivity (Wildman–Crippen MR) is 191 cm³/mol. The third-order valence-corrected chi connectivity index (χ3v) is 9.13. The smallest absolute Gasteiger partial charge is 0.493 e. The van der Waals surface area contributed by atoms with Gasteiger partial charge < -0.3 is 59.3 Å². The van der Waals surface area contributed by atoms with Gasteiger partial charge in [0.1, 0.15) is 11.5 Å². The molecule has 0 saturated heterocycles. The van der Waals surface area contributed by atoms with Crippen LogP contribution in [0.3, 0.4) is 0 Å². The van der Waals surface area contributed by atoms with E-state index in [1.807, 2.05) is 0 Å². The molecule has 0 aliphatic carbocycles. The topological polar surface area (TPSA) is 232 Å². The Balaban J connectivity index is 0.000000360. The molecule has 0 bridgehead atoms. The van der Waals surface area contributed by atoms with E-state index in [2.05, 4.69) is 39.4 Å². The Bertz CT molecular complexity index is 2060. The maximum Gasteiger partial charge on any atom is 2.00 e.